The summed E-state index contributed by atoms with van der Waals surface area (Å²) >= 11 is 11.8. The third-order valence-electron chi connectivity index (χ3n) is 8.19. The van der Waals surface area contributed by atoms with Crippen LogP contribution in [0.2, 0.25) is 0 Å². The molecular formula is C42H18I6O12. The second-order valence-electron chi connectivity index (χ2n) is 12.2. The lowest BCUT2D eigenvalue weighted by Gasteiger charge is -2.16. The van der Waals surface area contributed by atoms with Crippen LogP contribution < -0.4 is 28.4 Å². The Bertz CT molecular complexity index is 2330. The van der Waals surface area contributed by atoms with E-state index >= 15 is 0 Å². The summed E-state index contributed by atoms with van der Waals surface area (Å²) in [6.07, 6.45) is 0. The number of hydrogen-bond donors (Lipinski definition) is 0. The fourth-order valence-electron chi connectivity index (χ4n) is 5.43. The minimum Gasteiger partial charge on any atom is -0.422 e. The minimum atomic E-state index is -0.983. The van der Waals surface area contributed by atoms with Gasteiger partial charge in [0, 0.05) is 21.4 Å². The number of carbonyl (C=O) groups is 6. The fraction of sp³-hybridized carbons (Fsp3) is 0. The van der Waals surface area contributed by atoms with Crippen molar-refractivity contribution in [2.75, 3.05) is 0 Å². The fourth-order valence-corrected chi connectivity index (χ4v) is 8.38. The van der Waals surface area contributed by atoms with Gasteiger partial charge in [-0.3, -0.25) is 0 Å². The summed E-state index contributed by atoms with van der Waals surface area (Å²) in [5.41, 5.74) is -1.03. The molecule has 0 N–H and O–H groups in total. The highest BCUT2D eigenvalue weighted by Crippen LogP contribution is 2.33. The lowest BCUT2D eigenvalue weighted by Crippen LogP contribution is -2.20. The molecule has 0 spiro atoms. The summed E-state index contributed by atoms with van der Waals surface area (Å²) < 4.78 is 38.1. The van der Waals surface area contributed by atoms with Crippen molar-refractivity contribution >= 4 is 171 Å². The molecule has 0 fully saturated rings. The van der Waals surface area contributed by atoms with Gasteiger partial charge in [-0.25, -0.2) is 28.8 Å². The largest absolute Gasteiger partial charge is 0.422 e. The maximum atomic E-state index is 13.9. The van der Waals surface area contributed by atoms with E-state index < -0.39 is 35.8 Å². The van der Waals surface area contributed by atoms with Crippen LogP contribution in [-0.4, -0.2) is 35.8 Å². The molecule has 7 rings (SSSR count). The Labute approximate surface area is 421 Å². The van der Waals surface area contributed by atoms with E-state index in [1.807, 2.05) is 136 Å². The van der Waals surface area contributed by atoms with Gasteiger partial charge in [-0.2, -0.15) is 0 Å². The van der Waals surface area contributed by atoms with E-state index in [-0.39, 0.29) is 67.9 Å². The molecule has 0 aliphatic carbocycles. The van der Waals surface area contributed by atoms with Crippen LogP contribution >= 0.6 is 136 Å². The number of carbonyl (C=O) groups excluding carboxylic acids is 6. The molecule has 0 amide bonds. The molecule has 60 heavy (non-hydrogen) atoms. The Kier molecular flexibility index (Phi) is 14.3. The van der Waals surface area contributed by atoms with Crippen molar-refractivity contribution in [2.24, 2.45) is 0 Å². The Morgan fingerprint density at radius 3 is 0.500 bits per heavy atom. The van der Waals surface area contributed by atoms with Crippen LogP contribution in [-0.2, 0) is 0 Å². The molecule has 1 aliphatic rings. The van der Waals surface area contributed by atoms with Gasteiger partial charge in [0.05, 0.1) is 0 Å². The van der Waals surface area contributed by atoms with Gasteiger partial charge in [-0.15, -0.1) is 0 Å². The molecule has 1 heterocycles. The monoisotopic (exact) mass is 1480 g/mol. The predicted octanol–water partition coefficient (Wildman–Crippen LogP) is 10.9. The summed E-state index contributed by atoms with van der Waals surface area (Å²) in [5.74, 6) is -7.10. The molecule has 18 heteroatoms. The van der Waals surface area contributed by atoms with Crippen molar-refractivity contribution < 1.29 is 57.2 Å². The number of fused-ring (bicyclic) bond motifs is 6. The second-order valence-corrected chi connectivity index (χ2v) is 19.7. The summed E-state index contributed by atoms with van der Waals surface area (Å²) in [5, 5.41) is 0. The van der Waals surface area contributed by atoms with E-state index in [1.54, 1.807) is 36.4 Å². The Hall–Kier alpha value is -3.48. The lowest BCUT2D eigenvalue weighted by molar-refractivity contribution is 0.0687. The molecule has 300 valence electrons. The van der Waals surface area contributed by atoms with Gasteiger partial charge in [0.15, 0.2) is 0 Å². The molecule has 0 radical (unpaired) electrons. The lowest BCUT2D eigenvalue weighted by atomic mass is 10.1. The number of rotatable bonds is 0. The van der Waals surface area contributed by atoms with Gasteiger partial charge in [-0.05, 0) is 245 Å². The summed E-state index contributed by atoms with van der Waals surface area (Å²) in [4.78, 5) is 83.4. The molecule has 1 aliphatic heterocycles. The zero-order chi connectivity index (χ0) is 42.8. The van der Waals surface area contributed by atoms with Gasteiger partial charge in [-0.1, -0.05) is 0 Å². The van der Waals surface area contributed by atoms with E-state index in [2.05, 4.69) is 0 Å². The normalized spacial score (nSPS) is 13.5. The molecule has 12 nitrogen and oxygen atoms in total. The Balaban J connectivity index is 1.37. The molecule has 0 saturated carbocycles. The average Bonchev–Trinajstić information content (AvgIpc) is 3.21. The summed E-state index contributed by atoms with van der Waals surface area (Å²) in [6.45, 7) is 0. The zero-order valence-corrected chi connectivity index (χ0v) is 42.5. The highest BCUT2D eigenvalue weighted by atomic mass is 127. The van der Waals surface area contributed by atoms with Crippen LogP contribution in [0.1, 0.15) is 62.1 Å². The number of ether oxygens (including phenoxy) is 6. The SMILES string of the molecule is O=C1Oc2ccc(I)cc2C(=O)Oc2ccc(I)cc2C(=O)Oc2ccc(I)cc2C(=O)Oc2ccc(I)cc2C(=O)Oc2ccc(I)cc2C(=O)Oc2ccc(I)cc21. The number of halogens is 6. The van der Waals surface area contributed by atoms with Crippen LogP contribution in [0.4, 0.5) is 0 Å². The van der Waals surface area contributed by atoms with E-state index in [0.29, 0.717) is 21.4 Å². The van der Waals surface area contributed by atoms with Crippen molar-refractivity contribution in [3.8, 4) is 34.5 Å². The van der Waals surface area contributed by atoms with E-state index in [0.717, 1.165) is 0 Å². The third kappa shape index (κ3) is 10.4. The van der Waals surface area contributed by atoms with Crippen LogP contribution in [0.25, 0.3) is 0 Å². The van der Waals surface area contributed by atoms with Crippen molar-refractivity contribution in [1.82, 2.24) is 0 Å². The van der Waals surface area contributed by atoms with Gasteiger partial charge < -0.3 is 28.4 Å². The highest BCUT2D eigenvalue weighted by Gasteiger charge is 2.29. The molecule has 6 aromatic rings. The van der Waals surface area contributed by atoms with E-state index in [4.69, 9.17) is 28.4 Å². The number of esters is 6. The van der Waals surface area contributed by atoms with E-state index in [1.165, 1.54) is 72.8 Å². The zero-order valence-electron chi connectivity index (χ0n) is 29.6. The van der Waals surface area contributed by atoms with Crippen LogP contribution in [0.3, 0.4) is 0 Å². The predicted molar refractivity (Wildman–Crippen MR) is 265 cm³/mol. The van der Waals surface area contributed by atoms with Crippen LogP contribution in [0, 0.1) is 21.4 Å². The van der Waals surface area contributed by atoms with Crippen molar-refractivity contribution in [3.63, 3.8) is 0 Å². The number of hydrogen-bond acceptors (Lipinski definition) is 12. The molecule has 0 saturated heterocycles. The first kappa shape index (κ1) is 44.6. The Morgan fingerprint density at radius 2 is 0.367 bits per heavy atom. The topological polar surface area (TPSA) is 158 Å². The maximum absolute atomic E-state index is 13.9. The van der Waals surface area contributed by atoms with Gasteiger partial charge in [0.25, 0.3) is 0 Å². The third-order valence-corrected chi connectivity index (χ3v) is 12.2. The van der Waals surface area contributed by atoms with Gasteiger partial charge >= 0.3 is 35.8 Å². The molecule has 0 unspecified atom stereocenters. The van der Waals surface area contributed by atoms with Crippen molar-refractivity contribution in [2.45, 2.75) is 0 Å². The molecule has 0 aromatic heterocycles. The van der Waals surface area contributed by atoms with E-state index in [9.17, 15) is 28.8 Å². The van der Waals surface area contributed by atoms with Crippen molar-refractivity contribution in [3.05, 3.63) is 164 Å². The van der Waals surface area contributed by atoms with Gasteiger partial charge in [0.1, 0.15) is 67.9 Å². The molecular weight excluding hydrogens is 1460 g/mol. The minimum absolute atomic E-state index is 0.172. The van der Waals surface area contributed by atoms with Crippen molar-refractivity contribution in [1.29, 1.82) is 0 Å². The molecule has 0 bridgehead atoms. The smallest absolute Gasteiger partial charge is 0.347 e. The molecule has 0 atom stereocenters. The quantitative estimate of drug-likeness (QED) is 0.0806. The molecule has 6 aromatic carbocycles. The van der Waals surface area contributed by atoms with Gasteiger partial charge in [0.2, 0.25) is 0 Å². The van der Waals surface area contributed by atoms with Crippen LogP contribution in [0.5, 0.6) is 34.5 Å². The first-order valence-corrected chi connectivity index (χ1v) is 23.2. The highest BCUT2D eigenvalue weighted by molar-refractivity contribution is 14.1. The standard InChI is InChI=1S/C42H18I6O12/c43-19-1-7-31-25(13-19)37(49)56-33-9-3-21(45)15-27(33)39(51)58-35-11-5-23(47)17-29(35)41(53)60-36-12-6-24(48)18-30(36)42(54)59-34-10-4-22(46)16-28(34)40(52)57-32-8-2-20(44)14-26(32)38(50)55-31/h1-18H. The summed E-state index contributed by atoms with van der Waals surface area (Å²) in [6, 6.07) is 26.5. The average molecular weight is 1480 g/mol. The number of benzene rings is 6. The second kappa shape index (κ2) is 19.3. The first-order chi connectivity index (χ1) is 28.6. The first-order valence-electron chi connectivity index (χ1n) is 16.7. The maximum Gasteiger partial charge on any atom is 0.347 e. The van der Waals surface area contributed by atoms with Crippen LogP contribution in [0.15, 0.2) is 109 Å². The Morgan fingerprint density at radius 1 is 0.233 bits per heavy atom. The summed E-state index contributed by atoms with van der Waals surface area (Å²) in [7, 11) is 0.